The van der Waals surface area contributed by atoms with Gasteiger partial charge in [0.05, 0.1) is 6.61 Å². The van der Waals surface area contributed by atoms with E-state index in [2.05, 4.69) is 11.2 Å². The van der Waals surface area contributed by atoms with Crippen LogP contribution in [-0.4, -0.2) is 43.3 Å². The van der Waals surface area contributed by atoms with Gasteiger partial charge in [-0.25, -0.2) is 4.79 Å². The zero-order chi connectivity index (χ0) is 13.2. The van der Waals surface area contributed by atoms with Crippen LogP contribution in [-0.2, 0) is 4.74 Å². The molecule has 102 valence electrons. The van der Waals surface area contributed by atoms with Crippen LogP contribution in [0.1, 0.15) is 39.0 Å². The molecule has 1 fully saturated rings. The van der Waals surface area contributed by atoms with E-state index in [0.29, 0.717) is 12.6 Å². The predicted molar refractivity (Wildman–Crippen MR) is 72.3 cm³/mol. The fourth-order valence-electron chi connectivity index (χ4n) is 2.14. The summed E-state index contributed by atoms with van der Waals surface area (Å²) in [6.07, 6.45) is 10.1. The maximum atomic E-state index is 11.5. The van der Waals surface area contributed by atoms with Gasteiger partial charge in [0.25, 0.3) is 0 Å². The monoisotopic (exact) mass is 252 g/mol. The highest BCUT2D eigenvalue weighted by molar-refractivity contribution is 5.67. The van der Waals surface area contributed by atoms with Gasteiger partial charge >= 0.3 is 6.09 Å². The number of hydrogen-bond donors (Lipinski definition) is 1. The van der Waals surface area contributed by atoms with Crippen LogP contribution < -0.4 is 5.32 Å². The molecule has 0 bridgehead atoms. The molecule has 0 spiro atoms. The molecule has 0 atom stereocenters. The third-order valence-corrected chi connectivity index (χ3v) is 3.20. The van der Waals surface area contributed by atoms with Crippen LogP contribution in [0.15, 0.2) is 0 Å². The summed E-state index contributed by atoms with van der Waals surface area (Å²) in [6, 6.07) is 0.529. The fraction of sp³-hybridized carbons (Fsp3) is 0.786. The van der Waals surface area contributed by atoms with E-state index in [-0.39, 0.29) is 6.09 Å². The first kappa shape index (κ1) is 14.8. The van der Waals surface area contributed by atoms with Crippen LogP contribution in [0.3, 0.4) is 0 Å². The highest BCUT2D eigenvalue weighted by atomic mass is 16.6. The molecule has 4 nitrogen and oxygen atoms in total. The van der Waals surface area contributed by atoms with Gasteiger partial charge < -0.3 is 15.0 Å². The van der Waals surface area contributed by atoms with E-state index in [1.807, 2.05) is 6.92 Å². The predicted octanol–water partition coefficient (Wildman–Crippen LogP) is 2.00. The van der Waals surface area contributed by atoms with Crippen molar-refractivity contribution in [2.75, 3.05) is 26.2 Å². The van der Waals surface area contributed by atoms with Crippen LogP contribution in [0.25, 0.3) is 0 Å². The van der Waals surface area contributed by atoms with Crippen molar-refractivity contribution in [3.8, 4) is 12.3 Å². The molecular weight excluding hydrogens is 228 g/mol. The second kappa shape index (κ2) is 8.82. The average Bonchev–Trinajstić information content (AvgIpc) is 2.39. The molecule has 0 aromatic heterocycles. The van der Waals surface area contributed by atoms with Gasteiger partial charge in [-0.05, 0) is 39.2 Å². The van der Waals surface area contributed by atoms with Crippen LogP contribution in [0.5, 0.6) is 0 Å². The Morgan fingerprint density at radius 1 is 1.44 bits per heavy atom. The van der Waals surface area contributed by atoms with Crippen LogP contribution in [0.4, 0.5) is 4.79 Å². The molecule has 4 heteroatoms. The molecule has 1 aliphatic rings. The van der Waals surface area contributed by atoms with Gasteiger partial charge in [-0.15, -0.1) is 12.3 Å². The first-order valence-corrected chi connectivity index (χ1v) is 6.86. The van der Waals surface area contributed by atoms with E-state index in [9.17, 15) is 4.79 Å². The van der Waals surface area contributed by atoms with E-state index in [1.165, 1.54) is 0 Å². The Balaban J connectivity index is 2.08. The maximum Gasteiger partial charge on any atom is 0.409 e. The van der Waals surface area contributed by atoms with E-state index in [4.69, 9.17) is 11.2 Å². The average molecular weight is 252 g/mol. The Bertz CT molecular complexity index is 278. The Labute approximate surface area is 110 Å². The standard InChI is InChI=1S/C14H24N2O2/c1-3-5-6-7-10-15-13-8-11-16(12-9-13)14(17)18-4-2/h1,13,15H,4-12H2,2H3. The third-order valence-electron chi connectivity index (χ3n) is 3.20. The molecule has 0 aromatic rings. The number of nitrogens with zero attached hydrogens (tertiary/aromatic N) is 1. The SMILES string of the molecule is C#CCCCCNC1CCN(C(=O)OCC)CC1. The molecular formula is C14H24N2O2. The van der Waals surface area contributed by atoms with Crippen molar-refractivity contribution in [2.45, 2.75) is 45.1 Å². The van der Waals surface area contributed by atoms with Gasteiger partial charge in [-0.1, -0.05) is 0 Å². The van der Waals surface area contributed by atoms with Crippen molar-refractivity contribution < 1.29 is 9.53 Å². The van der Waals surface area contributed by atoms with Crippen molar-refractivity contribution in [3.05, 3.63) is 0 Å². The number of piperidine rings is 1. The van der Waals surface area contributed by atoms with Crippen LogP contribution in [0.2, 0.25) is 0 Å². The number of unbranched alkanes of at least 4 members (excludes halogenated alkanes) is 2. The van der Waals surface area contributed by atoms with Gasteiger partial charge in [0.2, 0.25) is 0 Å². The number of likely N-dealkylation sites (tertiary alicyclic amines) is 1. The molecule has 1 N–H and O–H groups in total. The Hall–Kier alpha value is -1.21. The van der Waals surface area contributed by atoms with Crippen molar-refractivity contribution in [2.24, 2.45) is 0 Å². The topological polar surface area (TPSA) is 41.6 Å². The first-order chi connectivity index (χ1) is 8.77. The number of amides is 1. The number of hydrogen-bond acceptors (Lipinski definition) is 3. The molecule has 1 amide bonds. The second-order valence-electron chi connectivity index (χ2n) is 4.58. The summed E-state index contributed by atoms with van der Waals surface area (Å²) < 4.78 is 4.99. The number of carbonyl (C=O) groups excluding carboxylic acids is 1. The van der Waals surface area contributed by atoms with Gasteiger partial charge in [0.15, 0.2) is 0 Å². The Kier molecular flexibility index (Phi) is 7.28. The number of terminal acetylenes is 1. The summed E-state index contributed by atoms with van der Waals surface area (Å²) in [4.78, 5) is 13.3. The lowest BCUT2D eigenvalue weighted by Crippen LogP contribution is -2.45. The zero-order valence-electron chi connectivity index (χ0n) is 11.3. The molecule has 1 saturated heterocycles. The lowest BCUT2D eigenvalue weighted by atomic mass is 10.1. The van der Waals surface area contributed by atoms with Crippen molar-refractivity contribution in [1.82, 2.24) is 10.2 Å². The minimum atomic E-state index is -0.176. The summed E-state index contributed by atoms with van der Waals surface area (Å²) in [6.45, 7) is 4.89. The molecule has 0 aromatic carbocycles. The summed E-state index contributed by atoms with van der Waals surface area (Å²) in [5, 5.41) is 3.52. The van der Waals surface area contributed by atoms with E-state index >= 15 is 0 Å². The second-order valence-corrected chi connectivity index (χ2v) is 4.58. The lowest BCUT2D eigenvalue weighted by molar-refractivity contribution is 0.0951. The molecule has 0 radical (unpaired) electrons. The molecule has 0 unspecified atom stereocenters. The quantitative estimate of drug-likeness (QED) is 0.581. The number of rotatable bonds is 6. The third kappa shape index (κ3) is 5.42. The van der Waals surface area contributed by atoms with Crippen LogP contribution in [0, 0.1) is 12.3 Å². The normalized spacial score (nSPS) is 16.3. The summed E-state index contributed by atoms with van der Waals surface area (Å²) in [7, 11) is 0. The van der Waals surface area contributed by atoms with Gasteiger partial charge in [0.1, 0.15) is 0 Å². The van der Waals surface area contributed by atoms with E-state index in [0.717, 1.165) is 51.7 Å². The lowest BCUT2D eigenvalue weighted by Gasteiger charge is -2.31. The van der Waals surface area contributed by atoms with Gasteiger partial charge in [0, 0.05) is 25.6 Å². The van der Waals surface area contributed by atoms with Crippen molar-refractivity contribution >= 4 is 6.09 Å². The van der Waals surface area contributed by atoms with Gasteiger partial charge in [-0.2, -0.15) is 0 Å². The minimum Gasteiger partial charge on any atom is -0.450 e. The number of carbonyl (C=O) groups is 1. The van der Waals surface area contributed by atoms with Crippen molar-refractivity contribution in [1.29, 1.82) is 0 Å². The molecule has 1 heterocycles. The summed E-state index contributed by atoms with van der Waals surface area (Å²) >= 11 is 0. The fourth-order valence-corrected chi connectivity index (χ4v) is 2.14. The molecule has 0 aliphatic carbocycles. The summed E-state index contributed by atoms with van der Waals surface area (Å²) in [5.41, 5.74) is 0. The first-order valence-electron chi connectivity index (χ1n) is 6.86. The minimum absolute atomic E-state index is 0.176. The number of ether oxygens (including phenoxy) is 1. The molecule has 1 aliphatic heterocycles. The highest BCUT2D eigenvalue weighted by Crippen LogP contribution is 2.11. The smallest absolute Gasteiger partial charge is 0.409 e. The Morgan fingerprint density at radius 2 is 2.17 bits per heavy atom. The van der Waals surface area contributed by atoms with Gasteiger partial charge in [-0.3, -0.25) is 0 Å². The zero-order valence-corrected chi connectivity index (χ0v) is 11.3. The summed E-state index contributed by atoms with van der Waals surface area (Å²) in [5.74, 6) is 2.65. The van der Waals surface area contributed by atoms with Crippen molar-refractivity contribution in [3.63, 3.8) is 0 Å². The Morgan fingerprint density at radius 3 is 2.78 bits per heavy atom. The molecule has 18 heavy (non-hydrogen) atoms. The van der Waals surface area contributed by atoms with E-state index in [1.54, 1.807) is 4.90 Å². The highest BCUT2D eigenvalue weighted by Gasteiger charge is 2.22. The van der Waals surface area contributed by atoms with E-state index < -0.39 is 0 Å². The number of nitrogens with one attached hydrogen (secondary N) is 1. The molecule has 0 saturated carbocycles. The van der Waals surface area contributed by atoms with Crippen LogP contribution >= 0.6 is 0 Å². The molecule has 1 rings (SSSR count). The maximum absolute atomic E-state index is 11.5. The largest absolute Gasteiger partial charge is 0.450 e.